The Kier molecular flexibility index (Phi) is 3.42. The molecule has 2 fully saturated rings. The number of hydrogen-bond donors (Lipinski definition) is 1. The maximum atomic E-state index is 12.6. The van der Waals surface area contributed by atoms with Crippen LogP contribution in [0.3, 0.4) is 0 Å². The van der Waals surface area contributed by atoms with Crippen LogP contribution >= 0.6 is 11.6 Å². The van der Waals surface area contributed by atoms with E-state index in [4.69, 9.17) is 16.7 Å². The summed E-state index contributed by atoms with van der Waals surface area (Å²) in [5.74, 6) is 0.255. The molecule has 0 spiro atoms. The van der Waals surface area contributed by atoms with Crippen molar-refractivity contribution in [1.82, 2.24) is 0 Å². The Labute approximate surface area is 122 Å². The molecule has 0 saturated heterocycles. The second-order valence-corrected chi connectivity index (χ2v) is 6.16. The van der Waals surface area contributed by atoms with Crippen molar-refractivity contribution in [3.8, 4) is 0 Å². The molecular weight excluding hydrogens is 278 g/mol. The Morgan fingerprint density at radius 1 is 1.25 bits per heavy atom. The summed E-state index contributed by atoms with van der Waals surface area (Å²) in [5, 5.41) is 9.54. The van der Waals surface area contributed by atoms with Gasteiger partial charge < -0.3 is 10.0 Å². The minimum absolute atomic E-state index is 0.0305. The minimum atomic E-state index is -1.01. The molecule has 1 aromatic rings. The molecule has 2 unspecified atom stereocenters. The predicted molar refractivity (Wildman–Crippen MR) is 75.8 cm³/mol. The number of halogens is 1. The summed E-state index contributed by atoms with van der Waals surface area (Å²) in [4.78, 5) is 25.0. The van der Waals surface area contributed by atoms with Crippen LogP contribution in [0.15, 0.2) is 24.3 Å². The molecule has 2 saturated carbocycles. The minimum Gasteiger partial charge on any atom is -0.480 e. The Morgan fingerprint density at radius 2 is 1.95 bits per heavy atom. The van der Waals surface area contributed by atoms with Crippen molar-refractivity contribution in [3.05, 3.63) is 29.3 Å². The van der Waals surface area contributed by atoms with Crippen molar-refractivity contribution in [1.29, 1.82) is 0 Å². The van der Waals surface area contributed by atoms with Gasteiger partial charge in [0.1, 0.15) is 6.54 Å². The fourth-order valence-electron chi connectivity index (χ4n) is 3.21. The van der Waals surface area contributed by atoms with E-state index in [1.54, 1.807) is 24.3 Å². The Hall–Kier alpha value is -1.55. The zero-order chi connectivity index (χ0) is 14.3. The zero-order valence-electron chi connectivity index (χ0n) is 11.0. The topological polar surface area (TPSA) is 57.6 Å². The van der Waals surface area contributed by atoms with Crippen molar-refractivity contribution in [3.63, 3.8) is 0 Å². The summed E-state index contributed by atoms with van der Waals surface area (Å²) in [5.41, 5.74) is 0.561. The van der Waals surface area contributed by atoms with Crippen molar-refractivity contribution in [2.24, 2.45) is 17.8 Å². The Bertz CT molecular complexity index is 550. The van der Waals surface area contributed by atoms with Crippen LogP contribution in [-0.2, 0) is 9.59 Å². The number of amides is 1. The maximum Gasteiger partial charge on any atom is 0.323 e. The highest BCUT2D eigenvalue weighted by molar-refractivity contribution is 6.31. The van der Waals surface area contributed by atoms with Gasteiger partial charge in [0.15, 0.2) is 0 Å². The van der Waals surface area contributed by atoms with E-state index in [0.717, 1.165) is 12.8 Å². The predicted octanol–water partition coefficient (Wildman–Crippen LogP) is 2.80. The fourth-order valence-corrected chi connectivity index (χ4v) is 3.40. The van der Waals surface area contributed by atoms with Gasteiger partial charge in [-0.25, -0.2) is 0 Å². The molecule has 1 aromatic carbocycles. The molecule has 4 nitrogen and oxygen atoms in total. The van der Waals surface area contributed by atoms with E-state index in [0.29, 0.717) is 22.5 Å². The zero-order valence-corrected chi connectivity index (χ0v) is 11.7. The van der Waals surface area contributed by atoms with Crippen molar-refractivity contribution >= 4 is 29.2 Å². The Morgan fingerprint density at radius 3 is 2.55 bits per heavy atom. The molecule has 0 aromatic heterocycles. The largest absolute Gasteiger partial charge is 0.480 e. The van der Waals surface area contributed by atoms with Crippen molar-refractivity contribution in [2.75, 3.05) is 11.4 Å². The van der Waals surface area contributed by atoms with Crippen LogP contribution in [0.5, 0.6) is 0 Å². The van der Waals surface area contributed by atoms with Crippen LogP contribution in [0.4, 0.5) is 5.69 Å². The van der Waals surface area contributed by atoms with Crippen molar-refractivity contribution in [2.45, 2.75) is 19.3 Å². The molecule has 0 bridgehead atoms. The number of anilines is 1. The second-order valence-electron chi connectivity index (χ2n) is 5.72. The van der Waals surface area contributed by atoms with Crippen LogP contribution < -0.4 is 4.90 Å². The van der Waals surface area contributed by atoms with Gasteiger partial charge in [-0.1, -0.05) is 17.7 Å². The standard InChI is InChI=1S/C15H16ClNO3/c16-12-2-1-3-13(7-12)17(8-14(18)19)15(20)11-5-9-4-10(9)6-11/h1-3,7,9-11H,4-6,8H2,(H,18,19). The molecule has 0 radical (unpaired) electrons. The van der Waals surface area contributed by atoms with Gasteiger partial charge in [-0.05, 0) is 49.3 Å². The SMILES string of the molecule is O=C(O)CN(C(=O)C1CC2CC2C1)c1cccc(Cl)c1. The molecule has 0 aliphatic heterocycles. The summed E-state index contributed by atoms with van der Waals surface area (Å²) >= 11 is 5.93. The van der Waals surface area contributed by atoms with Gasteiger partial charge in [0, 0.05) is 16.6 Å². The normalized spacial score (nSPS) is 26.9. The van der Waals surface area contributed by atoms with Crippen LogP contribution in [0.2, 0.25) is 5.02 Å². The molecule has 20 heavy (non-hydrogen) atoms. The highest BCUT2D eigenvalue weighted by atomic mass is 35.5. The highest BCUT2D eigenvalue weighted by Crippen LogP contribution is 2.54. The lowest BCUT2D eigenvalue weighted by Crippen LogP contribution is -2.39. The van der Waals surface area contributed by atoms with Crippen LogP contribution in [-0.4, -0.2) is 23.5 Å². The van der Waals surface area contributed by atoms with Gasteiger partial charge >= 0.3 is 5.97 Å². The van der Waals surface area contributed by atoms with E-state index < -0.39 is 5.97 Å². The van der Waals surface area contributed by atoms with Gasteiger partial charge in [-0.15, -0.1) is 0 Å². The van der Waals surface area contributed by atoms with E-state index in [1.807, 2.05) is 0 Å². The molecule has 106 valence electrons. The number of carbonyl (C=O) groups excluding carboxylic acids is 1. The highest BCUT2D eigenvalue weighted by Gasteiger charge is 2.49. The number of fused-ring (bicyclic) bond motifs is 1. The number of hydrogen-bond acceptors (Lipinski definition) is 2. The number of rotatable bonds is 4. The average Bonchev–Trinajstić information content (AvgIpc) is 3.01. The van der Waals surface area contributed by atoms with Gasteiger partial charge in [0.2, 0.25) is 5.91 Å². The van der Waals surface area contributed by atoms with Gasteiger partial charge in [0.25, 0.3) is 0 Å². The van der Waals surface area contributed by atoms with Crippen molar-refractivity contribution < 1.29 is 14.7 Å². The molecule has 5 heteroatoms. The van der Waals surface area contributed by atoms with Gasteiger partial charge in [-0.3, -0.25) is 9.59 Å². The number of benzene rings is 1. The second kappa shape index (κ2) is 5.09. The van der Waals surface area contributed by atoms with Gasteiger partial charge in [-0.2, -0.15) is 0 Å². The third kappa shape index (κ3) is 2.66. The third-order valence-corrected chi connectivity index (χ3v) is 4.51. The van der Waals surface area contributed by atoms with Crippen LogP contribution in [0.1, 0.15) is 19.3 Å². The monoisotopic (exact) mass is 293 g/mol. The van der Waals surface area contributed by atoms with Crippen LogP contribution in [0.25, 0.3) is 0 Å². The lowest BCUT2D eigenvalue weighted by Gasteiger charge is -2.25. The first-order valence-corrected chi connectivity index (χ1v) is 7.21. The van der Waals surface area contributed by atoms with E-state index in [2.05, 4.69) is 0 Å². The smallest absolute Gasteiger partial charge is 0.323 e. The fraction of sp³-hybridized carbons (Fsp3) is 0.467. The van der Waals surface area contributed by atoms with Gasteiger partial charge in [0.05, 0.1) is 0 Å². The summed E-state index contributed by atoms with van der Waals surface area (Å²) in [6.45, 7) is -0.314. The van der Waals surface area contributed by atoms with E-state index in [-0.39, 0.29) is 18.4 Å². The molecule has 2 aliphatic rings. The number of carboxylic acids is 1. The summed E-state index contributed by atoms with van der Waals surface area (Å²) in [6, 6.07) is 6.80. The molecule has 0 heterocycles. The summed E-state index contributed by atoms with van der Waals surface area (Å²) < 4.78 is 0. The molecule has 2 aliphatic carbocycles. The quantitative estimate of drug-likeness (QED) is 0.928. The number of aliphatic carboxylic acids is 1. The maximum absolute atomic E-state index is 12.6. The molecule has 3 rings (SSSR count). The first-order chi connectivity index (χ1) is 9.54. The Balaban J connectivity index is 1.81. The van der Waals surface area contributed by atoms with Crippen LogP contribution in [0, 0.1) is 17.8 Å². The third-order valence-electron chi connectivity index (χ3n) is 4.27. The summed E-state index contributed by atoms with van der Waals surface area (Å²) in [7, 11) is 0. The lowest BCUT2D eigenvalue weighted by atomic mass is 10.0. The number of nitrogens with zero attached hydrogens (tertiary/aromatic N) is 1. The average molecular weight is 294 g/mol. The molecule has 2 atom stereocenters. The lowest BCUT2D eigenvalue weighted by molar-refractivity contribution is -0.137. The molecular formula is C15H16ClNO3. The van der Waals surface area contributed by atoms with E-state index in [1.165, 1.54) is 11.3 Å². The number of carbonyl (C=O) groups is 2. The first-order valence-electron chi connectivity index (χ1n) is 6.83. The molecule has 1 amide bonds. The summed E-state index contributed by atoms with van der Waals surface area (Å²) in [6.07, 6.45) is 3.04. The first kappa shape index (κ1) is 13.4. The molecule has 1 N–H and O–H groups in total. The number of carboxylic acid groups (broad SMARTS) is 1. The van der Waals surface area contributed by atoms with E-state index in [9.17, 15) is 9.59 Å². The van der Waals surface area contributed by atoms with E-state index >= 15 is 0 Å².